The lowest BCUT2D eigenvalue weighted by molar-refractivity contribution is -0.132. The first kappa shape index (κ1) is 17.9. The van der Waals surface area contributed by atoms with Crippen molar-refractivity contribution < 1.29 is 14.3 Å². The minimum absolute atomic E-state index is 0.0758. The molecule has 118 valence electrons. The Morgan fingerprint density at radius 2 is 2.14 bits per heavy atom. The molecule has 0 aliphatic heterocycles. The van der Waals surface area contributed by atoms with E-state index in [0.717, 1.165) is 22.2 Å². The topological polar surface area (TPSA) is 64.8 Å². The van der Waals surface area contributed by atoms with E-state index in [0.29, 0.717) is 19.6 Å². The van der Waals surface area contributed by atoms with E-state index >= 15 is 0 Å². The molecule has 0 aliphatic carbocycles. The summed E-state index contributed by atoms with van der Waals surface area (Å²) in [6, 6.07) is 5.22. The molecule has 1 aromatic carbocycles. The second kappa shape index (κ2) is 9.02. The lowest BCUT2D eigenvalue weighted by Gasteiger charge is -2.22. The summed E-state index contributed by atoms with van der Waals surface area (Å²) in [7, 11) is 5.00. The summed E-state index contributed by atoms with van der Waals surface area (Å²) >= 11 is 3.43. The van der Waals surface area contributed by atoms with Crippen molar-refractivity contribution in [2.75, 3.05) is 27.9 Å². The Morgan fingerprint density at radius 1 is 1.43 bits per heavy atom. The van der Waals surface area contributed by atoms with Crippen molar-refractivity contribution in [3.05, 3.63) is 28.2 Å². The van der Waals surface area contributed by atoms with E-state index in [9.17, 15) is 4.79 Å². The molecule has 1 atom stereocenters. The number of nitrogens with zero attached hydrogens (tertiary/aromatic N) is 1. The van der Waals surface area contributed by atoms with E-state index in [1.807, 2.05) is 18.2 Å². The van der Waals surface area contributed by atoms with E-state index in [2.05, 4.69) is 15.9 Å². The van der Waals surface area contributed by atoms with Crippen LogP contribution in [0.3, 0.4) is 0 Å². The van der Waals surface area contributed by atoms with E-state index in [1.165, 1.54) is 0 Å². The fraction of sp³-hybridized carbons (Fsp3) is 0.533. The molecule has 0 saturated carbocycles. The van der Waals surface area contributed by atoms with Crippen molar-refractivity contribution in [1.82, 2.24) is 4.90 Å². The highest BCUT2D eigenvalue weighted by molar-refractivity contribution is 9.10. The summed E-state index contributed by atoms with van der Waals surface area (Å²) < 4.78 is 11.2. The van der Waals surface area contributed by atoms with Gasteiger partial charge in [-0.3, -0.25) is 4.79 Å². The predicted octanol–water partition coefficient (Wildman–Crippen LogP) is 2.17. The maximum Gasteiger partial charge on any atom is 0.239 e. The van der Waals surface area contributed by atoms with Gasteiger partial charge in [0.25, 0.3) is 0 Å². The second-order valence-corrected chi connectivity index (χ2v) is 5.81. The van der Waals surface area contributed by atoms with E-state index in [-0.39, 0.29) is 5.91 Å². The van der Waals surface area contributed by atoms with Crippen LogP contribution in [0, 0.1) is 0 Å². The van der Waals surface area contributed by atoms with Gasteiger partial charge < -0.3 is 20.1 Å². The molecule has 0 aliphatic rings. The van der Waals surface area contributed by atoms with Crippen LogP contribution >= 0.6 is 15.9 Å². The Bertz CT molecular complexity index is 468. The number of amides is 1. The molecule has 0 radical (unpaired) electrons. The largest absolute Gasteiger partial charge is 0.496 e. The van der Waals surface area contributed by atoms with Gasteiger partial charge in [-0.2, -0.15) is 0 Å². The standard InChI is InChI=1S/C15H23BrN2O3/c1-18(15(19)13(17)5-4-8-20-2)10-11-9-12(16)6-7-14(11)21-3/h6-7,9,13H,4-5,8,10,17H2,1-3H3. The summed E-state index contributed by atoms with van der Waals surface area (Å²) in [6.07, 6.45) is 1.39. The molecule has 6 heteroatoms. The number of nitrogens with two attached hydrogens (primary N) is 1. The number of methoxy groups -OCH3 is 2. The van der Waals surface area contributed by atoms with Crippen LogP contribution in [0.25, 0.3) is 0 Å². The molecule has 0 heterocycles. The number of likely N-dealkylation sites (N-methyl/N-ethyl adjacent to an activating group) is 1. The highest BCUT2D eigenvalue weighted by Crippen LogP contribution is 2.24. The molecule has 0 saturated heterocycles. The molecule has 0 bridgehead atoms. The Balaban J connectivity index is 2.65. The average Bonchev–Trinajstić information content (AvgIpc) is 2.46. The van der Waals surface area contributed by atoms with Crippen LogP contribution in [0.2, 0.25) is 0 Å². The Kier molecular flexibility index (Phi) is 7.71. The highest BCUT2D eigenvalue weighted by Gasteiger charge is 2.19. The van der Waals surface area contributed by atoms with Crippen molar-refractivity contribution in [2.24, 2.45) is 5.73 Å². The van der Waals surface area contributed by atoms with Gasteiger partial charge in [-0.05, 0) is 31.0 Å². The zero-order valence-electron chi connectivity index (χ0n) is 12.8. The Labute approximate surface area is 134 Å². The Morgan fingerprint density at radius 3 is 2.76 bits per heavy atom. The molecular weight excluding hydrogens is 336 g/mol. The van der Waals surface area contributed by atoms with Crippen LogP contribution in [0.1, 0.15) is 18.4 Å². The maximum absolute atomic E-state index is 12.2. The third-order valence-corrected chi connectivity index (χ3v) is 3.70. The first-order valence-electron chi connectivity index (χ1n) is 6.81. The summed E-state index contributed by atoms with van der Waals surface area (Å²) in [5.74, 6) is 0.680. The molecule has 2 N–H and O–H groups in total. The second-order valence-electron chi connectivity index (χ2n) is 4.89. The van der Waals surface area contributed by atoms with Gasteiger partial charge >= 0.3 is 0 Å². The molecule has 1 rings (SSSR count). The average molecular weight is 359 g/mol. The van der Waals surface area contributed by atoms with Gasteiger partial charge in [0.1, 0.15) is 5.75 Å². The number of hydrogen-bond acceptors (Lipinski definition) is 4. The summed E-state index contributed by atoms with van der Waals surface area (Å²) in [6.45, 7) is 1.07. The van der Waals surface area contributed by atoms with E-state index in [4.69, 9.17) is 15.2 Å². The van der Waals surface area contributed by atoms with Crippen molar-refractivity contribution in [3.63, 3.8) is 0 Å². The van der Waals surface area contributed by atoms with Gasteiger partial charge in [-0.25, -0.2) is 0 Å². The molecule has 1 unspecified atom stereocenters. The van der Waals surface area contributed by atoms with Crippen molar-refractivity contribution in [2.45, 2.75) is 25.4 Å². The summed E-state index contributed by atoms with van der Waals surface area (Å²) in [4.78, 5) is 13.9. The first-order chi connectivity index (χ1) is 9.99. The van der Waals surface area contributed by atoms with E-state index < -0.39 is 6.04 Å². The number of carbonyl (C=O) groups excluding carboxylic acids is 1. The third kappa shape index (κ3) is 5.65. The van der Waals surface area contributed by atoms with Crippen LogP contribution in [0.15, 0.2) is 22.7 Å². The number of rotatable bonds is 8. The molecule has 21 heavy (non-hydrogen) atoms. The van der Waals surface area contributed by atoms with Crippen molar-refractivity contribution in [3.8, 4) is 5.75 Å². The minimum Gasteiger partial charge on any atom is -0.496 e. The lowest BCUT2D eigenvalue weighted by atomic mass is 10.1. The molecular formula is C15H23BrN2O3. The molecule has 1 aromatic rings. The first-order valence-corrected chi connectivity index (χ1v) is 7.60. The predicted molar refractivity (Wildman–Crippen MR) is 86.3 cm³/mol. The number of carbonyl (C=O) groups is 1. The van der Waals surface area contributed by atoms with Gasteiger partial charge in [0.05, 0.1) is 13.2 Å². The van der Waals surface area contributed by atoms with Crippen molar-refractivity contribution in [1.29, 1.82) is 0 Å². The van der Waals surface area contributed by atoms with Crippen molar-refractivity contribution >= 4 is 21.8 Å². The zero-order valence-corrected chi connectivity index (χ0v) is 14.4. The maximum atomic E-state index is 12.2. The fourth-order valence-electron chi connectivity index (χ4n) is 2.06. The quantitative estimate of drug-likeness (QED) is 0.723. The molecule has 1 amide bonds. The van der Waals surface area contributed by atoms with Crippen LogP contribution < -0.4 is 10.5 Å². The SMILES string of the molecule is COCCCC(N)C(=O)N(C)Cc1cc(Br)ccc1OC. The summed E-state index contributed by atoms with van der Waals surface area (Å²) in [5, 5.41) is 0. The Hall–Kier alpha value is -1.11. The number of benzene rings is 1. The monoisotopic (exact) mass is 358 g/mol. The fourth-order valence-corrected chi connectivity index (χ4v) is 2.47. The molecule has 5 nitrogen and oxygen atoms in total. The normalized spacial score (nSPS) is 12.0. The molecule has 0 fully saturated rings. The van der Waals surface area contributed by atoms with Crippen LogP contribution in [0.4, 0.5) is 0 Å². The minimum atomic E-state index is -0.497. The van der Waals surface area contributed by atoms with E-state index in [1.54, 1.807) is 26.2 Å². The zero-order chi connectivity index (χ0) is 15.8. The van der Waals surface area contributed by atoms with Gasteiger partial charge in [-0.1, -0.05) is 15.9 Å². The number of halogens is 1. The highest BCUT2D eigenvalue weighted by atomic mass is 79.9. The van der Waals surface area contributed by atoms with Crippen LogP contribution in [-0.2, 0) is 16.1 Å². The lowest BCUT2D eigenvalue weighted by Crippen LogP contribution is -2.41. The summed E-state index contributed by atoms with van der Waals surface area (Å²) in [5.41, 5.74) is 6.86. The van der Waals surface area contributed by atoms with Crippen LogP contribution in [-0.4, -0.2) is 44.7 Å². The van der Waals surface area contributed by atoms with Gasteiger partial charge in [0.2, 0.25) is 5.91 Å². The molecule has 0 spiro atoms. The van der Waals surface area contributed by atoms with Crippen LogP contribution in [0.5, 0.6) is 5.75 Å². The smallest absolute Gasteiger partial charge is 0.239 e. The van der Waals surface area contributed by atoms with Gasteiger partial charge in [-0.15, -0.1) is 0 Å². The molecule has 0 aromatic heterocycles. The number of ether oxygens (including phenoxy) is 2. The number of hydrogen-bond donors (Lipinski definition) is 1. The third-order valence-electron chi connectivity index (χ3n) is 3.21. The van der Waals surface area contributed by atoms with Gasteiger partial charge in [0, 0.05) is 37.3 Å². The van der Waals surface area contributed by atoms with Gasteiger partial charge in [0.15, 0.2) is 0 Å².